The van der Waals surface area contributed by atoms with Crippen molar-refractivity contribution in [3.63, 3.8) is 0 Å². The molecular formula is C20H14ClFN4OS. The molecule has 0 aliphatic heterocycles. The van der Waals surface area contributed by atoms with E-state index in [1.807, 2.05) is 30.3 Å². The lowest BCUT2D eigenvalue weighted by molar-refractivity contribution is 0.102. The van der Waals surface area contributed by atoms with Crippen molar-refractivity contribution in [2.24, 2.45) is 0 Å². The number of benzene rings is 2. The summed E-state index contributed by atoms with van der Waals surface area (Å²) in [5.74, 6) is -0.739. The van der Waals surface area contributed by atoms with Gasteiger partial charge in [0.05, 0.1) is 17.1 Å². The molecule has 0 aliphatic carbocycles. The summed E-state index contributed by atoms with van der Waals surface area (Å²) in [5, 5.41) is 9.49. The molecule has 0 saturated heterocycles. The number of amides is 1. The van der Waals surface area contributed by atoms with E-state index >= 15 is 0 Å². The molecule has 0 fully saturated rings. The third-order valence-corrected chi connectivity index (χ3v) is 5.18. The first-order chi connectivity index (χ1) is 13.5. The Bertz CT molecular complexity index is 1160. The van der Waals surface area contributed by atoms with Crippen LogP contribution in [0.1, 0.15) is 16.1 Å². The van der Waals surface area contributed by atoms with Gasteiger partial charge in [-0.05, 0) is 31.2 Å². The van der Waals surface area contributed by atoms with Crippen LogP contribution in [0.25, 0.3) is 16.9 Å². The Morgan fingerprint density at radius 2 is 1.96 bits per heavy atom. The van der Waals surface area contributed by atoms with Gasteiger partial charge < -0.3 is 0 Å². The Morgan fingerprint density at radius 3 is 2.71 bits per heavy atom. The predicted octanol–water partition coefficient (Wildman–Crippen LogP) is 5.35. The number of carbonyl (C=O) groups is 1. The first kappa shape index (κ1) is 18.3. The highest BCUT2D eigenvalue weighted by Gasteiger charge is 2.22. The van der Waals surface area contributed by atoms with Crippen molar-refractivity contribution in [3.05, 3.63) is 82.2 Å². The zero-order valence-corrected chi connectivity index (χ0v) is 16.3. The van der Waals surface area contributed by atoms with Crippen molar-refractivity contribution in [3.8, 4) is 16.9 Å². The normalized spacial score (nSPS) is 10.8. The summed E-state index contributed by atoms with van der Waals surface area (Å²) in [6.45, 7) is 1.72. The standard InChI is InChI=1S/C20H14ClFN4OS/c1-12-17(18(21)26(25-12)15-8-3-2-4-9-15)19(27)24-20-23-16(11-28-20)13-6-5-7-14(22)10-13/h2-11H,1H3,(H,23,24,27). The molecule has 0 spiro atoms. The summed E-state index contributed by atoms with van der Waals surface area (Å²) >= 11 is 7.68. The summed E-state index contributed by atoms with van der Waals surface area (Å²) in [4.78, 5) is 17.1. The number of aryl methyl sites for hydroxylation is 1. The van der Waals surface area contributed by atoms with E-state index in [1.165, 1.54) is 28.2 Å². The largest absolute Gasteiger partial charge is 0.298 e. The maximum atomic E-state index is 13.4. The molecule has 0 atom stereocenters. The van der Waals surface area contributed by atoms with Crippen LogP contribution >= 0.6 is 22.9 Å². The number of rotatable bonds is 4. The van der Waals surface area contributed by atoms with Gasteiger partial charge in [0.1, 0.15) is 16.5 Å². The Morgan fingerprint density at radius 1 is 1.18 bits per heavy atom. The van der Waals surface area contributed by atoms with Crippen LogP contribution in [0.4, 0.5) is 9.52 Å². The Labute approximate surface area is 169 Å². The topological polar surface area (TPSA) is 59.8 Å². The minimum Gasteiger partial charge on any atom is -0.298 e. The second-order valence-corrected chi connectivity index (χ2v) is 7.22. The molecule has 5 nitrogen and oxygen atoms in total. The molecule has 140 valence electrons. The molecule has 8 heteroatoms. The molecule has 0 aliphatic rings. The second-order valence-electron chi connectivity index (χ2n) is 6.00. The molecule has 2 heterocycles. The molecule has 0 unspecified atom stereocenters. The van der Waals surface area contributed by atoms with Gasteiger partial charge in [-0.25, -0.2) is 14.1 Å². The van der Waals surface area contributed by atoms with Crippen molar-refractivity contribution in [1.29, 1.82) is 0 Å². The number of hydrogen-bond donors (Lipinski definition) is 1. The number of thiazole rings is 1. The Hall–Kier alpha value is -3.03. The van der Waals surface area contributed by atoms with Gasteiger partial charge in [0.15, 0.2) is 5.13 Å². The van der Waals surface area contributed by atoms with Gasteiger partial charge in [0.25, 0.3) is 5.91 Å². The smallest absolute Gasteiger partial charge is 0.262 e. The van der Waals surface area contributed by atoms with E-state index < -0.39 is 5.91 Å². The van der Waals surface area contributed by atoms with E-state index in [2.05, 4.69) is 15.4 Å². The molecule has 2 aromatic heterocycles. The van der Waals surface area contributed by atoms with E-state index in [0.717, 1.165) is 5.69 Å². The van der Waals surface area contributed by atoms with E-state index in [0.29, 0.717) is 22.1 Å². The fraction of sp³-hybridized carbons (Fsp3) is 0.0500. The van der Waals surface area contributed by atoms with E-state index in [4.69, 9.17) is 11.6 Å². The quantitative estimate of drug-likeness (QED) is 0.491. The van der Waals surface area contributed by atoms with Crippen molar-refractivity contribution < 1.29 is 9.18 Å². The van der Waals surface area contributed by atoms with Crippen molar-refractivity contribution in [2.75, 3.05) is 5.32 Å². The van der Waals surface area contributed by atoms with Gasteiger partial charge in [0, 0.05) is 10.9 Å². The number of hydrogen-bond acceptors (Lipinski definition) is 4. The molecule has 0 radical (unpaired) electrons. The zero-order valence-electron chi connectivity index (χ0n) is 14.7. The average Bonchev–Trinajstić information content (AvgIpc) is 3.26. The van der Waals surface area contributed by atoms with Crippen LogP contribution in [0, 0.1) is 12.7 Å². The summed E-state index contributed by atoms with van der Waals surface area (Å²) in [6.07, 6.45) is 0. The number of anilines is 1. The maximum Gasteiger partial charge on any atom is 0.262 e. The lowest BCUT2D eigenvalue weighted by atomic mass is 10.2. The number of nitrogens with zero attached hydrogens (tertiary/aromatic N) is 3. The van der Waals surface area contributed by atoms with Gasteiger partial charge in [-0.2, -0.15) is 5.10 Å². The summed E-state index contributed by atoms with van der Waals surface area (Å²) in [6, 6.07) is 15.5. The van der Waals surface area contributed by atoms with Crippen LogP contribution in [-0.4, -0.2) is 20.7 Å². The van der Waals surface area contributed by atoms with Gasteiger partial charge in [0.2, 0.25) is 0 Å². The summed E-state index contributed by atoms with van der Waals surface area (Å²) in [7, 11) is 0. The molecule has 1 amide bonds. The van der Waals surface area contributed by atoms with Crippen LogP contribution < -0.4 is 5.32 Å². The van der Waals surface area contributed by atoms with Crippen molar-refractivity contribution >= 4 is 34.0 Å². The van der Waals surface area contributed by atoms with Crippen molar-refractivity contribution in [2.45, 2.75) is 6.92 Å². The molecule has 4 aromatic rings. The number of aromatic nitrogens is 3. The lowest BCUT2D eigenvalue weighted by Gasteiger charge is -2.03. The highest BCUT2D eigenvalue weighted by molar-refractivity contribution is 7.14. The zero-order chi connectivity index (χ0) is 19.7. The van der Waals surface area contributed by atoms with E-state index in [9.17, 15) is 9.18 Å². The molecule has 28 heavy (non-hydrogen) atoms. The minimum atomic E-state index is -0.398. The number of nitrogens with one attached hydrogen (secondary N) is 1. The summed E-state index contributed by atoms with van der Waals surface area (Å²) < 4.78 is 14.9. The fourth-order valence-electron chi connectivity index (χ4n) is 2.77. The molecular weight excluding hydrogens is 399 g/mol. The van der Waals surface area contributed by atoms with Crippen LogP contribution in [0.5, 0.6) is 0 Å². The first-order valence-corrected chi connectivity index (χ1v) is 9.62. The monoisotopic (exact) mass is 412 g/mol. The van der Waals surface area contributed by atoms with Crippen LogP contribution in [0.2, 0.25) is 5.15 Å². The lowest BCUT2D eigenvalue weighted by Crippen LogP contribution is -2.13. The summed E-state index contributed by atoms with van der Waals surface area (Å²) in [5.41, 5.74) is 2.78. The number of halogens is 2. The third kappa shape index (κ3) is 3.54. The molecule has 2 aromatic carbocycles. The Balaban J connectivity index is 1.59. The SMILES string of the molecule is Cc1nn(-c2ccccc2)c(Cl)c1C(=O)Nc1nc(-c2cccc(F)c2)cs1. The fourth-order valence-corrected chi connectivity index (χ4v) is 3.84. The first-order valence-electron chi connectivity index (χ1n) is 8.36. The van der Waals surface area contributed by atoms with Gasteiger partial charge in [-0.1, -0.05) is 41.9 Å². The molecule has 0 saturated carbocycles. The van der Waals surface area contributed by atoms with Gasteiger partial charge in [-0.3, -0.25) is 10.1 Å². The molecule has 4 rings (SSSR count). The highest BCUT2D eigenvalue weighted by atomic mass is 35.5. The van der Waals surface area contributed by atoms with Crippen molar-refractivity contribution in [1.82, 2.24) is 14.8 Å². The van der Waals surface area contributed by atoms with E-state index in [1.54, 1.807) is 24.4 Å². The molecule has 0 bridgehead atoms. The molecule has 1 N–H and O–H groups in total. The minimum absolute atomic E-state index is 0.225. The van der Waals surface area contributed by atoms with Crippen LogP contribution in [0.15, 0.2) is 60.0 Å². The third-order valence-electron chi connectivity index (χ3n) is 4.08. The average molecular weight is 413 g/mol. The van der Waals surface area contributed by atoms with Gasteiger partial charge >= 0.3 is 0 Å². The van der Waals surface area contributed by atoms with Gasteiger partial charge in [-0.15, -0.1) is 11.3 Å². The second kappa shape index (κ2) is 7.53. The maximum absolute atomic E-state index is 13.4. The Kier molecular flexibility index (Phi) is 4.93. The van der Waals surface area contributed by atoms with Crippen LogP contribution in [-0.2, 0) is 0 Å². The predicted molar refractivity (Wildman–Crippen MR) is 109 cm³/mol. The highest BCUT2D eigenvalue weighted by Crippen LogP contribution is 2.28. The van der Waals surface area contributed by atoms with E-state index in [-0.39, 0.29) is 16.5 Å². The number of para-hydroxylation sites is 1. The number of carbonyl (C=O) groups excluding carboxylic acids is 1. The van der Waals surface area contributed by atoms with Crippen LogP contribution in [0.3, 0.4) is 0 Å².